The van der Waals surface area contributed by atoms with E-state index < -0.39 is 0 Å². The highest BCUT2D eigenvalue weighted by molar-refractivity contribution is 9.10. The van der Waals surface area contributed by atoms with Crippen molar-refractivity contribution in [3.8, 4) is 5.75 Å². The number of hydrogen-bond acceptors (Lipinski definition) is 3. The van der Waals surface area contributed by atoms with Crippen LogP contribution in [0.5, 0.6) is 5.75 Å². The Labute approximate surface area is 121 Å². The van der Waals surface area contributed by atoms with Crippen LogP contribution in [0.2, 0.25) is 0 Å². The molecule has 3 N–H and O–H groups in total. The summed E-state index contributed by atoms with van der Waals surface area (Å²) in [5.41, 5.74) is 0.626. The number of amides is 2. The number of benzene rings is 1. The van der Waals surface area contributed by atoms with Gasteiger partial charge in [0.1, 0.15) is 5.75 Å². The van der Waals surface area contributed by atoms with E-state index in [4.69, 9.17) is 9.84 Å². The van der Waals surface area contributed by atoms with Crippen molar-refractivity contribution in [1.82, 2.24) is 5.32 Å². The van der Waals surface area contributed by atoms with Crippen LogP contribution in [0, 0.1) is 5.92 Å². The molecule has 6 heteroatoms. The molecule has 0 radical (unpaired) electrons. The first-order valence-corrected chi connectivity index (χ1v) is 6.79. The van der Waals surface area contributed by atoms with Gasteiger partial charge in [0.15, 0.2) is 0 Å². The maximum atomic E-state index is 11.8. The minimum absolute atomic E-state index is 0.000463. The number of aliphatic hydroxyl groups is 1. The van der Waals surface area contributed by atoms with Crippen molar-refractivity contribution < 1.29 is 14.6 Å². The molecule has 0 aliphatic rings. The van der Waals surface area contributed by atoms with Gasteiger partial charge in [-0.1, -0.05) is 6.92 Å². The van der Waals surface area contributed by atoms with Gasteiger partial charge >= 0.3 is 6.03 Å². The molecule has 1 rings (SSSR count). The summed E-state index contributed by atoms with van der Waals surface area (Å²) in [6.45, 7) is 3.75. The number of ether oxygens (including phenoxy) is 1. The van der Waals surface area contributed by atoms with Gasteiger partial charge in [-0.2, -0.15) is 0 Å². The number of nitrogens with one attached hydrogen (secondary N) is 2. The summed E-state index contributed by atoms with van der Waals surface area (Å²) in [4.78, 5) is 11.8. The minimum Gasteiger partial charge on any atom is -0.497 e. The van der Waals surface area contributed by atoms with Gasteiger partial charge in [0, 0.05) is 23.2 Å². The van der Waals surface area contributed by atoms with Crippen molar-refractivity contribution in [3.63, 3.8) is 0 Å². The van der Waals surface area contributed by atoms with Crippen LogP contribution < -0.4 is 15.4 Å². The number of carbonyl (C=O) groups is 1. The summed E-state index contributed by atoms with van der Waals surface area (Å²) < 4.78 is 5.87. The van der Waals surface area contributed by atoms with Crippen LogP contribution >= 0.6 is 15.9 Å². The molecule has 0 aliphatic carbocycles. The second-order valence-electron chi connectivity index (χ2n) is 4.39. The largest absolute Gasteiger partial charge is 0.497 e. The predicted octanol–water partition coefficient (Wildman–Crippen LogP) is 2.60. The molecule has 5 nitrogen and oxygen atoms in total. The maximum Gasteiger partial charge on any atom is 0.319 e. The molecule has 19 heavy (non-hydrogen) atoms. The Kier molecular flexibility index (Phi) is 6.11. The molecule has 0 unspecified atom stereocenters. The van der Waals surface area contributed by atoms with E-state index in [0.717, 1.165) is 4.47 Å². The van der Waals surface area contributed by atoms with Crippen LogP contribution in [0.15, 0.2) is 22.7 Å². The third-order valence-corrected chi connectivity index (χ3v) is 3.61. The fourth-order valence-electron chi connectivity index (χ4n) is 1.39. The Morgan fingerprint density at radius 3 is 2.74 bits per heavy atom. The highest BCUT2D eigenvalue weighted by atomic mass is 79.9. The molecule has 0 fully saturated rings. The fraction of sp³-hybridized carbons (Fsp3) is 0.462. The number of methoxy groups -OCH3 is 1. The zero-order valence-corrected chi connectivity index (χ0v) is 12.8. The summed E-state index contributed by atoms with van der Waals surface area (Å²) in [5.74, 6) is 0.662. The number of hydrogen-bond donors (Lipinski definition) is 3. The standard InChI is InChI=1S/C13H19BrN2O3/c1-8(7-17)9(2)15-13(18)16-12-6-10(19-3)4-5-11(12)14/h4-6,8-9,17H,7H2,1-3H3,(H2,15,16,18)/t8-,9-/m0/s1. The average Bonchev–Trinajstić information content (AvgIpc) is 2.40. The van der Waals surface area contributed by atoms with Crippen LogP contribution in [0.3, 0.4) is 0 Å². The Bertz CT molecular complexity index is 440. The molecule has 2 atom stereocenters. The molecule has 2 amide bonds. The quantitative estimate of drug-likeness (QED) is 0.777. The Balaban J connectivity index is 2.66. The molecular formula is C13H19BrN2O3. The zero-order valence-electron chi connectivity index (χ0n) is 11.2. The van der Waals surface area contributed by atoms with Crippen LogP contribution in [0.25, 0.3) is 0 Å². The number of urea groups is 1. The van der Waals surface area contributed by atoms with E-state index in [-0.39, 0.29) is 24.6 Å². The average molecular weight is 331 g/mol. The smallest absolute Gasteiger partial charge is 0.319 e. The van der Waals surface area contributed by atoms with Crippen LogP contribution in [-0.2, 0) is 0 Å². The van der Waals surface area contributed by atoms with Crippen LogP contribution in [0.4, 0.5) is 10.5 Å². The molecule has 0 aromatic heterocycles. The van der Waals surface area contributed by atoms with E-state index in [0.29, 0.717) is 11.4 Å². The minimum atomic E-state index is -0.318. The molecule has 1 aromatic carbocycles. The van der Waals surface area contributed by atoms with Gasteiger partial charge in [-0.25, -0.2) is 4.79 Å². The number of aliphatic hydroxyl groups excluding tert-OH is 1. The lowest BCUT2D eigenvalue weighted by Gasteiger charge is -2.20. The Hall–Kier alpha value is -1.27. The molecule has 0 spiro atoms. The summed E-state index contributed by atoms with van der Waals surface area (Å²) in [6.07, 6.45) is 0. The van der Waals surface area contributed by atoms with Gasteiger partial charge in [-0.3, -0.25) is 0 Å². The molecule has 0 aliphatic heterocycles. The second-order valence-corrected chi connectivity index (χ2v) is 5.25. The summed E-state index contributed by atoms with van der Waals surface area (Å²) in [6, 6.07) is 4.89. The lowest BCUT2D eigenvalue weighted by atomic mass is 10.1. The van der Waals surface area contributed by atoms with Crippen molar-refractivity contribution in [2.24, 2.45) is 5.92 Å². The first kappa shape index (κ1) is 15.8. The van der Waals surface area contributed by atoms with E-state index in [1.807, 2.05) is 13.8 Å². The van der Waals surface area contributed by atoms with Crippen molar-refractivity contribution in [1.29, 1.82) is 0 Å². The van der Waals surface area contributed by atoms with Crippen LogP contribution in [0.1, 0.15) is 13.8 Å². The van der Waals surface area contributed by atoms with Crippen molar-refractivity contribution >= 4 is 27.6 Å². The monoisotopic (exact) mass is 330 g/mol. The second kappa shape index (κ2) is 7.35. The topological polar surface area (TPSA) is 70.6 Å². The Morgan fingerprint density at radius 1 is 1.47 bits per heavy atom. The molecule has 1 aromatic rings. The summed E-state index contributed by atoms with van der Waals surface area (Å²) >= 11 is 3.36. The van der Waals surface area contributed by atoms with Gasteiger partial charge in [0.2, 0.25) is 0 Å². The lowest BCUT2D eigenvalue weighted by molar-refractivity contribution is 0.204. The number of carbonyl (C=O) groups excluding carboxylic acids is 1. The third kappa shape index (κ3) is 4.72. The fourth-order valence-corrected chi connectivity index (χ4v) is 1.74. The van der Waals surface area contributed by atoms with Gasteiger partial charge in [0.25, 0.3) is 0 Å². The molecular weight excluding hydrogens is 312 g/mol. The number of rotatable bonds is 5. The van der Waals surface area contributed by atoms with Gasteiger partial charge < -0.3 is 20.5 Å². The lowest BCUT2D eigenvalue weighted by Crippen LogP contribution is -2.40. The first-order valence-electron chi connectivity index (χ1n) is 5.99. The van der Waals surface area contributed by atoms with Crippen LogP contribution in [-0.4, -0.2) is 30.9 Å². The van der Waals surface area contributed by atoms with Gasteiger partial charge in [0.05, 0.1) is 12.8 Å². The van der Waals surface area contributed by atoms with E-state index in [1.54, 1.807) is 25.3 Å². The van der Waals surface area contributed by atoms with Crippen molar-refractivity contribution in [2.45, 2.75) is 19.9 Å². The molecule has 0 saturated heterocycles. The first-order chi connectivity index (χ1) is 8.97. The van der Waals surface area contributed by atoms with E-state index in [9.17, 15) is 4.79 Å². The summed E-state index contributed by atoms with van der Waals surface area (Å²) in [5, 5.41) is 14.5. The van der Waals surface area contributed by atoms with Gasteiger partial charge in [-0.05, 0) is 40.9 Å². The summed E-state index contributed by atoms with van der Waals surface area (Å²) in [7, 11) is 1.57. The highest BCUT2D eigenvalue weighted by Gasteiger charge is 2.14. The predicted molar refractivity (Wildman–Crippen MR) is 78.6 cm³/mol. The van der Waals surface area contributed by atoms with E-state index in [2.05, 4.69) is 26.6 Å². The molecule has 0 heterocycles. The van der Waals surface area contributed by atoms with Crippen molar-refractivity contribution in [2.75, 3.05) is 19.0 Å². The maximum absolute atomic E-state index is 11.8. The SMILES string of the molecule is COc1ccc(Br)c(NC(=O)N[C@@H](C)[C@@H](C)CO)c1. The number of anilines is 1. The van der Waals surface area contributed by atoms with Crippen molar-refractivity contribution in [3.05, 3.63) is 22.7 Å². The zero-order chi connectivity index (χ0) is 14.4. The van der Waals surface area contributed by atoms with E-state index in [1.165, 1.54) is 0 Å². The number of halogens is 1. The molecule has 106 valence electrons. The third-order valence-electron chi connectivity index (χ3n) is 2.92. The molecule has 0 saturated carbocycles. The van der Waals surface area contributed by atoms with Gasteiger partial charge in [-0.15, -0.1) is 0 Å². The van der Waals surface area contributed by atoms with E-state index >= 15 is 0 Å². The highest BCUT2D eigenvalue weighted by Crippen LogP contribution is 2.26. The Morgan fingerprint density at radius 2 is 2.16 bits per heavy atom. The normalized spacial score (nSPS) is 13.5. The molecule has 0 bridgehead atoms.